The van der Waals surface area contributed by atoms with E-state index < -0.39 is 23.8 Å². The van der Waals surface area contributed by atoms with E-state index in [-0.39, 0.29) is 54.9 Å². The van der Waals surface area contributed by atoms with Crippen LogP contribution in [0.15, 0.2) is 84.9 Å². The molecule has 0 aliphatic carbocycles. The standard InChI is InChI=1S/C48H50FN5O6/c1-2-39(30-5-11-37(56)12-6-30)46(32-7-13-38(57)14-8-32)31-3-9-34(10-4-31)51-19-17-29(18-20-51)24-52-26-36-22-35(52)27-53(36)43-23-40-33(21-41(43)49)25-54(47(40)44(58)28-55)42-15-16-45(59)50-48(42)60/h3-14,21,23,28-29,35-36,42,47,56-57H,2,15-20,22,24-27H2,1H3,(H,50,59,60). The summed E-state index contributed by atoms with van der Waals surface area (Å²) >= 11 is 0. The summed E-state index contributed by atoms with van der Waals surface area (Å²) in [4.78, 5) is 58.2. The van der Waals surface area contributed by atoms with Crippen molar-refractivity contribution < 1.29 is 33.8 Å². The lowest BCUT2D eigenvalue weighted by molar-refractivity contribution is -0.141. The number of anilines is 2. The van der Waals surface area contributed by atoms with Crippen LogP contribution in [-0.2, 0) is 25.7 Å². The second-order valence-corrected chi connectivity index (χ2v) is 17.0. The number of imide groups is 1. The third kappa shape index (κ3) is 7.47. The summed E-state index contributed by atoms with van der Waals surface area (Å²) in [7, 11) is 0. The molecule has 3 N–H and O–H groups in total. The third-order valence-electron chi connectivity index (χ3n) is 13.5. The Morgan fingerprint density at radius 3 is 2.10 bits per heavy atom. The number of aldehydes is 1. The Bertz CT molecular complexity index is 2340. The van der Waals surface area contributed by atoms with Gasteiger partial charge in [-0.3, -0.25) is 34.3 Å². The normalized spacial score (nSPS) is 23.8. The zero-order valence-corrected chi connectivity index (χ0v) is 33.7. The van der Waals surface area contributed by atoms with Crippen LogP contribution in [0.3, 0.4) is 0 Å². The van der Waals surface area contributed by atoms with Crippen LogP contribution < -0.4 is 15.1 Å². The van der Waals surface area contributed by atoms with Gasteiger partial charge in [-0.1, -0.05) is 43.3 Å². The molecule has 0 spiro atoms. The summed E-state index contributed by atoms with van der Waals surface area (Å²) in [5.41, 5.74) is 8.17. The summed E-state index contributed by atoms with van der Waals surface area (Å²) < 4.78 is 15.9. The largest absolute Gasteiger partial charge is 0.508 e. The van der Waals surface area contributed by atoms with Gasteiger partial charge < -0.3 is 20.0 Å². The Hall–Kier alpha value is -5.85. The number of benzene rings is 4. The minimum absolute atomic E-state index is 0.136. The Balaban J connectivity index is 0.838. The second kappa shape index (κ2) is 16.3. The molecule has 9 rings (SSSR count). The number of ketones is 1. The number of Topliss-reactive ketones (excluding diaryl/α,β-unsaturated/α-hetero) is 1. The molecule has 0 saturated carbocycles. The van der Waals surface area contributed by atoms with Gasteiger partial charge in [-0.05, 0) is 126 Å². The average Bonchev–Trinajstić information content (AvgIpc) is 3.96. The van der Waals surface area contributed by atoms with Crippen molar-refractivity contribution in [2.24, 2.45) is 5.92 Å². The molecule has 4 aromatic carbocycles. The number of rotatable bonds is 11. The number of hydrogen-bond donors (Lipinski definition) is 3. The van der Waals surface area contributed by atoms with Crippen LogP contribution in [0.25, 0.3) is 11.1 Å². The lowest BCUT2D eigenvalue weighted by Gasteiger charge is -2.40. The van der Waals surface area contributed by atoms with Gasteiger partial charge in [0.1, 0.15) is 23.4 Å². The van der Waals surface area contributed by atoms with Gasteiger partial charge in [0.05, 0.1) is 11.7 Å². The van der Waals surface area contributed by atoms with Crippen molar-refractivity contribution in [3.8, 4) is 11.5 Å². The number of likely N-dealkylation sites (tertiary alicyclic amines) is 1. The van der Waals surface area contributed by atoms with Crippen LogP contribution in [0.2, 0.25) is 0 Å². The molecule has 5 heterocycles. The van der Waals surface area contributed by atoms with Crippen molar-refractivity contribution in [1.82, 2.24) is 15.1 Å². The number of nitrogens with zero attached hydrogens (tertiary/aromatic N) is 4. The molecule has 11 nitrogen and oxygen atoms in total. The molecule has 4 atom stereocenters. The fourth-order valence-corrected chi connectivity index (χ4v) is 10.5. The van der Waals surface area contributed by atoms with Gasteiger partial charge in [0.15, 0.2) is 6.29 Å². The number of aromatic hydroxyl groups is 2. The molecule has 4 fully saturated rings. The number of carbonyl (C=O) groups excluding carboxylic acids is 4. The number of hydrogen-bond acceptors (Lipinski definition) is 10. The van der Waals surface area contributed by atoms with Gasteiger partial charge in [-0.25, -0.2) is 4.39 Å². The summed E-state index contributed by atoms with van der Waals surface area (Å²) in [6.45, 7) is 6.73. The molecule has 2 bridgehead atoms. The van der Waals surface area contributed by atoms with Crippen molar-refractivity contribution in [1.29, 1.82) is 0 Å². The number of carbonyl (C=O) groups is 4. The summed E-state index contributed by atoms with van der Waals surface area (Å²) in [6.07, 6.45) is 4.53. The number of phenols is 2. The van der Waals surface area contributed by atoms with E-state index in [1.54, 1.807) is 35.2 Å². The molecule has 5 aliphatic heterocycles. The molecule has 310 valence electrons. The maximum atomic E-state index is 15.9. The zero-order chi connectivity index (χ0) is 41.7. The maximum Gasteiger partial charge on any atom is 0.243 e. The first-order valence-electron chi connectivity index (χ1n) is 21.2. The summed E-state index contributed by atoms with van der Waals surface area (Å²) in [6, 6.07) is 25.3. The maximum absolute atomic E-state index is 15.9. The van der Waals surface area contributed by atoms with Gasteiger partial charge in [-0.2, -0.15) is 0 Å². The highest BCUT2D eigenvalue weighted by molar-refractivity contribution is 6.27. The fourth-order valence-electron chi connectivity index (χ4n) is 10.5. The van der Waals surface area contributed by atoms with E-state index in [9.17, 15) is 29.4 Å². The molecule has 4 unspecified atom stereocenters. The van der Waals surface area contributed by atoms with Crippen molar-refractivity contribution in [3.63, 3.8) is 0 Å². The van der Waals surface area contributed by atoms with Crippen LogP contribution in [0.5, 0.6) is 11.5 Å². The van der Waals surface area contributed by atoms with Crippen LogP contribution in [-0.4, -0.2) is 94.7 Å². The lowest BCUT2D eigenvalue weighted by Crippen LogP contribution is -2.52. The second-order valence-electron chi connectivity index (χ2n) is 17.0. The summed E-state index contributed by atoms with van der Waals surface area (Å²) in [5.74, 6) is -0.911. The first-order valence-corrected chi connectivity index (χ1v) is 21.2. The smallest absolute Gasteiger partial charge is 0.243 e. The Labute approximate surface area is 349 Å². The Morgan fingerprint density at radius 2 is 1.50 bits per heavy atom. The summed E-state index contributed by atoms with van der Waals surface area (Å²) in [5, 5.41) is 22.3. The van der Waals surface area contributed by atoms with Gasteiger partial charge in [0.2, 0.25) is 17.6 Å². The number of nitrogens with one attached hydrogen (secondary N) is 1. The van der Waals surface area contributed by atoms with E-state index in [4.69, 9.17) is 0 Å². The van der Waals surface area contributed by atoms with Gasteiger partial charge in [-0.15, -0.1) is 0 Å². The molecule has 12 heteroatoms. The molecule has 0 radical (unpaired) electrons. The Kier molecular flexibility index (Phi) is 10.8. The van der Waals surface area contributed by atoms with E-state index in [0.29, 0.717) is 35.3 Å². The van der Waals surface area contributed by atoms with E-state index in [1.165, 1.54) is 11.8 Å². The lowest BCUT2D eigenvalue weighted by atomic mass is 9.88. The van der Waals surface area contributed by atoms with Crippen molar-refractivity contribution >= 4 is 46.4 Å². The van der Waals surface area contributed by atoms with E-state index >= 15 is 4.39 Å². The number of halogens is 1. The van der Waals surface area contributed by atoms with Gasteiger partial charge in [0.25, 0.3) is 0 Å². The monoisotopic (exact) mass is 811 g/mol. The molecular weight excluding hydrogens is 762 g/mol. The SMILES string of the molecule is CCC(=C(c1ccc(O)cc1)c1ccc(N2CCC(CN3CC4CC3CN4c3cc4c(cc3F)CN(C3CCC(=O)NC3=O)C4C(=O)C=O)CC2)cc1)c1ccc(O)cc1. The molecule has 4 saturated heterocycles. The van der Waals surface area contributed by atoms with Crippen molar-refractivity contribution in [3.05, 3.63) is 119 Å². The minimum Gasteiger partial charge on any atom is -0.508 e. The highest BCUT2D eigenvalue weighted by Gasteiger charge is 2.47. The first kappa shape index (κ1) is 39.6. The van der Waals surface area contributed by atoms with Crippen LogP contribution >= 0.6 is 0 Å². The quantitative estimate of drug-likeness (QED) is 0.0695. The number of piperazine rings is 1. The highest BCUT2D eigenvalue weighted by Crippen LogP contribution is 2.44. The number of allylic oxidation sites excluding steroid dienone is 1. The van der Waals surface area contributed by atoms with Gasteiger partial charge >= 0.3 is 0 Å². The third-order valence-corrected chi connectivity index (χ3v) is 13.5. The van der Waals surface area contributed by atoms with E-state index in [0.717, 1.165) is 79.7 Å². The predicted octanol–water partition coefficient (Wildman–Crippen LogP) is 6.22. The topological polar surface area (TPSA) is 134 Å². The molecule has 2 amide bonds. The molecule has 60 heavy (non-hydrogen) atoms. The highest BCUT2D eigenvalue weighted by atomic mass is 19.1. The van der Waals surface area contributed by atoms with Crippen LogP contribution in [0, 0.1) is 11.7 Å². The number of phenolic OH excluding ortho intramolecular Hbond substituents is 2. The van der Waals surface area contributed by atoms with E-state index in [1.807, 2.05) is 24.3 Å². The minimum atomic E-state index is -0.994. The number of piperidine rings is 2. The van der Waals surface area contributed by atoms with Gasteiger partial charge in [0, 0.05) is 63.5 Å². The van der Waals surface area contributed by atoms with E-state index in [2.05, 4.69) is 51.2 Å². The molecule has 0 aromatic heterocycles. The van der Waals surface area contributed by atoms with Crippen LogP contribution in [0.1, 0.15) is 79.3 Å². The fraction of sp³-hybridized carbons (Fsp3) is 0.375. The number of amides is 2. The predicted molar refractivity (Wildman–Crippen MR) is 227 cm³/mol. The molecule has 4 aromatic rings. The van der Waals surface area contributed by atoms with Crippen molar-refractivity contribution in [2.75, 3.05) is 42.5 Å². The first-order chi connectivity index (χ1) is 29.1. The average molecular weight is 812 g/mol. The molecular formula is C48H50FN5O6. The van der Waals surface area contributed by atoms with Crippen molar-refractivity contribution in [2.45, 2.75) is 76.2 Å². The van der Waals surface area contributed by atoms with Crippen LogP contribution in [0.4, 0.5) is 15.8 Å². The Morgan fingerprint density at radius 1 is 0.850 bits per heavy atom. The molecule has 5 aliphatic rings. The number of fused-ring (bicyclic) bond motifs is 3. The zero-order valence-electron chi connectivity index (χ0n) is 33.7.